The zero-order valence-corrected chi connectivity index (χ0v) is 13.1. The van der Waals surface area contributed by atoms with Crippen LogP contribution in [-0.4, -0.2) is 33.6 Å². The van der Waals surface area contributed by atoms with Crippen molar-refractivity contribution in [2.45, 2.75) is 24.8 Å². The average Bonchev–Trinajstić information content (AvgIpc) is 2.77. The Balaban J connectivity index is 2.16. The van der Waals surface area contributed by atoms with E-state index in [1.807, 2.05) is 0 Å². The molecule has 0 spiro atoms. The van der Waals surface area contributed by atoms with Gasteiger partial charge in [-0.05, 0) is 19.1 Å². The number of carboxylic acids is 1. The van der Waals surface area contributed by atoms with Gasteiger partial charge in [0.15, 0.2) is 5.17 Å². The molecule has 1 saturated heterocycles. The van der Waals surface area contributed by atoms with Crippen molar-refractivity contribution in [3.05, 3.63) is 34.9 Å². The normalized spacial score (nSPS) is 19.9. The second-order valence-corrected chi connectivity index (χ2v) is 6.12. The van der Waals surface area contributed by atoms with E-state index in [9.17, 15) is 22.8 Å². The molecule has 0 bridgehead atoms. The largest absolute Gasteiger partial charge is 0.481 e. The summed E-state index contributed by atoms with van der Waals surface area (Å²) in [5.41, 5.74) is -0.366. The van der Waals surface area contributed by atoms with Crippen LogP contribution in [0.3, 0.4) is 0 Å². The van der Waals surface area contributed by atoms with Crippen molar-refractivity contribution in [3.63, 3.8) is 0 Å². The molecule has 1 heterocycles. The molecule has 1 aromatic rings. The number of carbonyl (C=O) groups excluding carboxylic acids is 1. The van der Waals surface area contributed by atoms with E-state index in [2.05, 4.69) is 15.5 Å². The number of alkyl halides is 3. The third-order valence-corrected chi connectivity index (χ3v) is 4.07. The summed E-state index contributed by atoms with van der Waals surface area (Å²) < 4.78 is 38.8. The van der Waals surface area contributed by atoms with Crippen LogP contribution >= 0.6 is 11.8 Å². The number of amidine groups is 1. The SMILES string of the molecule is Cc1ccc(C(F)(F)F)c(C=NN=C2NC(=O)C(CC(=O)O)S2)c1. The molecule has 6 nitrogen and oxygen atoms in total. The zero-order valence-electron chi connectivity index (χ0n) is 12.3. The van der Waals surface area contributed by atoms with Gasteiger partial charge in [-0.2, -0.15) is 18.3 Å². The van der Waals surface area contributed by atoms with E-state index in [1.165, 1.54) is 12.1 Å². The Labute approximate surface area is 138 Å². The van der Waals surface area contributed by atoms with Crippen molar-refractivity contribution in [2.24, 2.45) is 10.2 Å². The van der Waals surface area contributed by atoms with Crippen LogP contribution in [-0.2, 0) is 15.8 Å². The number of hydrogen-bond donors (Lipinski definition) is 2. The standard InChI is InChI=1S/C14H12F3N3O3S/c1-7-2-3-9(14(15,16)17)8(4-7)6-18-20-13-19-12(23)10(24-13)5-11(21)22/h2-4,6,10H,5H2,1H3,(H,21,22)(H,19,20,23). The number of rotatable bonds is 4. The van der Waals surface area contributed by atoms with Crippen molar-refractivity contribution in [3.8, 4) is 0 Å². The number of carbonyl (C=O) groups is 2. The smallest absolute Gasteiger partial charge is 0.417 e. The van der Waals surface area contributed by atoms with E-state index in [-0.39, 0.29) is 17.2 Å². The number of hydrogen-bond acceptors (Lipinski definition) is 5. The van der Waals surface area contributed by atoms with Crippen molar-refractivity contribution in [1.29, 1.82) is 0 Å². The lowest BCUT2D eigenvalue weighted by molar-refractivity contribution is -0.138. The van der Waals surface area contributed by atoms with Crippen molar-refractivity contribution in [2.75, 3.05) is 0 Å². The molecule has 0 aliphatic carbocycles. The third-order valence-electron chi connectivity index (χ3n) is 2.99. The fourth-order valence-corrected chi connectivity index (χ4v) is 2.85. The van der Waals surface area contributed by atoms with Crippen LogP contribution < -0.4 is 5.32 Å². The van der Waals surface area contributed by atoms with Gasteiger partial charge >= 0.3 is 12.1 Å². The maximum absolute atomic E-state index is 12.9. The highest BCUT2D eigenvalue weighted by Gasteiger charge is 2.33. The Kier molecular flexibility index (Phi) is 5.27. The van der Waals surface area contributed by atoms with Gasteiger partial charge in [0, 0.05) is 5.56 Å². The lowest BCUT2D eigenvalue weighted by Gasteiger charge is -2.10. The minimum absolute atomic E-state index is 0.0451. The second-order valence-electron chi connectivity index (χ2n) is 4.93. The molecule has 2 N–H and O–H groups in total. The number of thioether (sulfide) groups is 1. The van der Waals surface area contributed by atoms with Gasteiger partial charge in [-0.25, -0.2) is 0 Å². The summed E-state index contributed by atoms with van der Waals surface area (Å²) in [4.78, 5) is 22.1. The first kappa shape index (κ1) is 18.0. The molecule has 1 unspecified atom stereocenters. The molecule has 1 amide bonds. The predicted molar refractivity (Wildman–Crippen MR) is 83.0 cm³/mol. The van der Waals surface area contributed by atoms with Crippen LogP contribution in [0.4, 0.5) is 13.2 Å². The van der Waals surface area contributed by atoms with Crippen molar-refractivity contribution >= 4 is 35.0 Å². The summed E-state index contributed by atoms with van der Waals surface area (Å²) in [5.74, 6) is -1.66. The molecule has 1 atom stereocenters. The number of nitrogens with one attached hydrogen (secondary N) is 1. The number of nitrogens with zero attached hydrogens (tertiary/aromatic N) is 2. The summed E-state index contributed by atoms with van der Waals surface area (Å²) in [6.45, 7) is 1.65. The molecular formula is C14H12F3N3O3S. The molecule has 2 rings (SSSR count). The first-order valence-electron chi connectivity index (χ1n) is 6.65. The molecular weight excluding hydrogens is 347 g/mol. The fraction of sp³-hybridized carbons (Fsp3) is 0.286. The summed E-state index contributed by atoms with van der Waals surface area (Å²) >= 11 is 0.868. The summed E-state index contributed by atoms with van der Waals surface area (Å²) in [6, 6.07) is 3.62. The number of halogens is 3. The Morgan fingerprint density at radius 1 is 1.46 bits per heavy atom. The molecule has 1 aliphatic rings. The molecule has 128 valence electrons. The number of aryl methyl sites for hydroxylation is 1. The van der Waals surface area contributed by atoms with E-state index in [0.29, 0.717) is 5.56 Å². The summed E-state index contributed by atoms with van der Waals surface area (Å²) in [6.07, 6.45) is -3.96. The molecule has 24 heavy (non-hydrogen) atoms. The molecule has 0 saturated carbocycles. The molecule has 0 aromatic heterocycles. The molecule has 10 heteroatoms. The number of carboxylic acid groups (broad SMARTS) is 1. The van der Waals surface area contributed by atoms with Crippen LogP contribution in [0, 0.1) is 6.92 Å². The highest BCUT2D eigenvalue weighted by atomic mass is 32.2. The van der Waals surface area contributed by atoms with Gasteiger partial charge in [-0.3, -0.25) is 9.59 Å². The Morgan fingerprint density at radius 3 is 2.79 bits per heavy atom. The Hall–Kier alpha value is -2.36. The second kappa shape index (κ2) is 7.04. The van der Waals surface area contributed by atoms with Crippen LogP contribution in [0.25, 0.3) is 0 Å². The third kappa shape index (κ3) is 4.57. The quantitative estimate of drug-likeness (QED) is 0.638. The van der Waals surface area contributed by atoms with Gasteiger partial charge < -0.3 is 10.4 Å². The van der Waals surface area contributed by atoms with Crippen molar-refractivity contribution < 1.29 is 27.9 Å². The number of benzene rings is 1. The van der Waals surface area contributed by atoms with E-state index >= 15 is 0 Å². The zero-order chi connectivity index (χ0) is 17.9. The molecule has 1 aliphatic heterocycles. The van der Waals surface area contributed by atoms with Gasteiger partial charge in [-0.1, -0.05) is 23.4 Å². The molecule has 0 radical (unpaired) electrons. The fourth-order valence-electron chi connectivity index (χ4n) is 1.94. The van der Waals surface area contributed by atoms with Gasteiger partial charge in [0.1, 0.15) is 5.25 Å². The highest BCUT2D eigenvalue weighted by molar-refractivity contribution is 8.15. The van der Waals surface area contributed by atoms with Gasteiger partial charge in [0.25, 0.3) is 0 Å². The Bertz CT molecular complexity index is 732. The monoisotopic (exact) mass is 359 g/mol. The van der Waals surface area contributed by atoms with E-state index < -0.39 is 28.9 Å². The minimum Gasteiger partial charge on any atom is -0.481 e. The molecule has 1 aromatic carbocycles. The van der Waals surface area contributed by atoms with E-state index in [4.69, 9.17) is 5.11 Å². The minimum atomic E-state index is -4.52. The number of amides is 1. The maximum Gasteiger partial charge on any atom is 0.417 e. The summed E-state index contributed by atoms with van der Waals surface area (Å²) in [7, 11) is 0. The van der Waals surface area contributed by atoms with Crippen LogP contribution in [0.5, 0.6) is 0 Å². The van der Waals surface area contributed by atoms with Gasteiger partial charge in [0.2, 0.25) is 5.91 Å². The first-order chi connectivity index (χ1) is 11.2. The predicted octanol–water partition coefficient (Wildman–Crippen LogP) is 2.41. The van der Waals surface area contributed by atoms with Crippen molar-refractivity contribution in [1.82, 2.24) is 5.32 Å². The van der Waals surface area contributed by atoms with Gasteiger partial charge in [0.05, 0.1) is 18.2 Å². The number of aliphatic carboxylic acids is 1. The lowest BCUT2D eigenvalue weighted by atomic mass is 10.1. The lowest BCUT2D eigenvalue weighted by Crippen LogP contribution is -2.26. The average molecular weight is 359 g/mol. The van der Waals surface area contributed by atoms with E-state index in [1.54, 1.807) is 6.92 Å². The maximum atomic E-state index is 12.9. The van der Waals surface area contributed by atoms with Gasteiger partial charge in [-0.15, -0.1) is 5.10 Å². The summed E-state index contributed by atoms with van der Waals surface area (Å²) in [5, 5.41) is 17.4. The topological polar surface area (TPSA) is 91.1 Å². The van der Waals surface area contributed by atoms with E-state index in [0.717, 1.165) is 24.0 Å². The highest BCUT2D eigenvalue weighted by Crippen LogP contribution is 2.31. The first-order valence-corrected chi connectivity index (χ1v) is 7.53. The van der Waals surface area contributed by atoms with Crippen LogP contribution in [0.2, 0.25) is 0 Å². The van der Waals surface area contributed by atoms with Crippen LogP contribution in [0.1, 0.15) is 23.1 Å². The molecule has 1 fully saturated rings. The van der Waals surface area contributed by atoms with Crippen LogP contribution in [0.15, 0.2) is 28.4 Å². The Morgan fingerprint density at radius 2 is 2.17 bits per heavy atom.